The number of likely N-dealkylation sites (tertiary alicyclic amines) is 1. The number of aromatic carboxylic acids is 1. The number of benzene rings is 1. The first kappa shape index (κ1) is 17.7. The third kappa shape index (κ3) is 3.95. The molecule has 0 unspecified atom stereocenters. The molecule has 1 aromatic carbocycles. The van der Waals surface area contributed by atoms with Crippen LogP contribution < -0.4 is 0 Å². The predicted octanol–water partition coefficient (Wildman–Crippen LogP) is 4.71. The van der Waals surface area contributed by atoms with Gasteiger partial charge in [0.25, 0.3) is 0 Å². The SMILES string of the molecule is CC(C)(C)OC(=O)N1CCC(c2cccc3sc(C(=O)O)cc23)CC1. The van der Waals surface area contributed by atoms with Crippen LogP contribution in [0.5, 0.6) is 0 Å². The van der Waals surface area contributed by atoms with Crippen molar-refractivity contribution in [2.45, 2.75) is 45.1 Å². The Bertz CT molecular complexity index is 797. The number of carboxylic acids is 1. The molecule has 1 aliphatic heterocycles. The van der Waals surface area contributed by atoms with Crippen LogP contribution in [0.4, 0.5) is 4.79 Å². The van der Waals surface area contributed by atoms with Gasteiger partial charge in [-0.2, -0.15) is 0 Å². The maximum absolute atomic E-state index is 12.2. The summed E-state index contributed by atoms with van der Waals surface area (Å²) in [4.78, 5) is 25.6. The summed E-state index contributed by atoms with van der Waals surface area (Å²) < 4.78 is 6.45. The summed E-state index contributed by atoms with van der Waals surface area (Å²) in [7, 11) is 0. The molecule has 0 radical (unpaired) electrons. The first-order valence-electron chi connectivity index (χ1n) is 8.48. The van der Waals surface area contributed by atoms with Gasteiger partial charge in [0.2, 0.25) is 0 Å². The number of hydrogen-bond donors (Lipinski definition) is 1. The van der Waals surface area contributed by atoms with Gasteiger partial charge in [0.05, 0.1) is 0 Å². The summed E-state index contributed by atoms with van der Waals surface area (Å²) in [6.07, 6.45) is 1.46. The van der Waals surface area contributed by atoms with Crippen LogP contribution >= 0.6 is 11.3 Å². The zero-order valence-electron chi connectivity index (χ0n) is 14.7. The number of thiophene rings is 1. The Balaban J connectivity index is 1.74. The Labute approximate surface area is 151 Å². The average molecular weight is 361 g/mol. The van der Waals surface area contributed by atoms with Gasteiger partial charge in [0.15, 0.2) is 0 Å². The molecule has 5 nitrogen and oxygen atoms in total. The highest BCUT2D eigenvalue weighted by atomic mass is 32.1. The van der Waals surface area contributed by atoms with Crippen LogP contribution in [0, 0.1) is 0 Å². The quantitative estimate of drug-likeness (QED) is 0.841. The van der Waals surface area contributed by atoms with Crippen molar-refractivity contribution in [3.8, 4) is 0 Å². The number of rotatable bonds is 2. The monoisotopic (exact) mass is 361 g/mol. The van der Waals surface area contributed by atoms with Gasteiger partial charge in [-0.15, -0.1) is 11.3 Å². The molecule has 1 fully saturated rings. The maximum Gasteiger partial charge on any atom is 0.410 e. The Kier molecular flexibility index (Phi) is 4.73. The minimum Gasteiger partial charge on any atom is -0.477 e. The van der Waals surface area contributed by atoms with Crippen molar-refractivity contribution in [3.63, 3.8) is 0 Å². The summed E-state index contributed by atoms with van der Waals surface area (Å²) in [5, 5.41) is 10.3. The highest BCUT2D eigenvalue weighted by molar-refractivity contribution is 7.20. The molecule has 6 heteroatoms. The van der Waals surface area contributed by atoms with Crippen LogP contribution in [0.1, 0.15) is 54.8 Å². The van der Waals surface area contributed by atoms with E-state index in [2.05, 4.69) is 6.07 Å². The van der Waals surface area contributed by atoms with E-state index in [1.807, 2.05) is 32.9 Å². The van der Waals surface area contributed by atoms with Crippen LogP contribution in [-0.2, 0) is 4.74 Å². The molecule has 0 aliphatic carbocycles. The Morgan fingerprint density at radius 2 is 1.92 bits per heavy atom. The van der Waals surface area contributed by atoms with Crippen molar-refractivity contribution >= 4 is 33.5 Å². The van der Waals surface area contributed by atoms with Gasteiger partial charge in [0.1, 0.15) is 10.5 Å². The molecule has 1 saturated heterocycles. The molecule has 0 spiro atoms. The van der Waals surface area contributed by atoms with E-state index >= 15 is 0 Å². The van der Waals surface area contributed by atoms with E-state index in [0.717, 1.165) is 22.9 Å². The third-order valence-corrected chi connectivity index (χ3v) is 5.48. The maximum atomic E-state index is 12.2. The summed E-state index contributed by atoms with van der Waals surface area (Å²) in [6, 6.07) is 7.80. The smallest absolute Gasteiger partial charge is 0.410 e. The summed E-state index contributed by atoms with van der Waals surface area (Å²) >= 11 is 1.31. The van der Waals surface area contributed by atoms with Gasteiger partial charge >= 0.3 is 12.1 Å². The van der Waals surface area contributed by atoms with Crippen molar-refractivity contribution in [1.29, 1.82) is 0 Å². The number of carboxylic acid groups (broad SMARTS) is 1. The molecule has 25 heavy (non-hydrogen) atoms. The second-order valence-corrected chi connectivity index (χ2v) is 8.50. The lowest BCUT2D eigenvalue weighted by Gasteiger charge is -2.33. The molecule has 1 aromatic heterocycles. The number of carbonyl (C=O) groups is 2. The second-order valence-electron chi connectivity index (χ2n) is 7.42. The van der Waals surface area contributed by atoms with Crippen LogP contribution in [-0.4, -0.2) is 40.8 Å². The molecule has 1 N–H and O–H groups in total. The fraction of sp³-hybridized carbons (Fsp3) is 0.474. The fourth-order valence-corrected chi connectivity index (χ4v) is 4.18. The minimum absolute atomic E-state index is 0.257. The number of nitrogens with zero attached hydrogens (tertiary/aromatic N) is 1. The first-order valence-corrected chi connectivity index (χ1v) is 9.30. The van der Waals surface area contributed by atoms with Gasteiger partial charge in [-0.25, -0.2) is 9.59 Å². The van der Waals surface area contributed by atoms with Crippen molar-refractivity contribution in [2.24, 2.45) is 0 Å². The van der Waals surface area contributed by atoms with Crippen molar-refractivity contribution < 1.29 is 19.4 Å². The molecule has 134 valence electrons. The number of carbonyl (C=O) groups excluding carboxylic acids is 1. The Morgan fingerprint density at radius 1 is 1.24 bits per heavy atom. The molecule has 2 heterocycles. The average Bonchev–Trinajstić information content (AvgIpc) is 2.98. The molecule has 1 aliphatic rings. The third-order valence-electron chi connectivity index (χ3n) is 4.39. The summed E-state index contributed by atoms with van der Waals surface area (Å²) in [6.45, 7) is 6.93. The molecule has 2 aromatic rings. The first-order chi connectivity index (χ1) is 11.7. The molecule has 0 saturated carbocycles. The van der Waals surface area contributed by atoms with Gasteiger partial charge in [-0.05, 0) is 62.6 Å². The fourth-order valence-electron chi connectivity index (χ4n) is 3.24. The van der Waals surface area contributed by atoms with Crippen LogP contribution in [0.15, 0.2) is 24.3 Å². The standard InChI is InChI=1S/C19H23NO4S/c1-19(2,3)24-18(23)20-9-7-12(8-10-20)13-5-4-6-15-14(13)11-16(25-15)17(21)22/h4-6,11-12H,7-10H2,1-3H3,(H,21,22). The largest absolute Gasteiger partial charge is 0.477 e. The zero-order valence-corrected chi connectivity index (χ0v) is 15.6. The highest BCUT2D eigenvalue weighted by Gasteiger charge is 2.28. The zero-order chi connectivity index (χ0) is 18.2. The van der Waals surface area contributed by atoms with Crippen molar-refractivity contribution in [3.05, 3.63) is 34.7 Å². The number of hydrogen-bond acceptors (Lipinski definition) is 4. The van der Waals surface area contributed by atoms with Crippen LogP contribution in [0.25, 0.3) is 10.1 Å². The highest BCUT2D eigenvalue weighted by Crippen LogP contribution is 2.36. The second kappa shape index (κ2) is 6.67. The Hall–Kier alpha value is -2.08. The Morgan fingerprint density at radius 3 is 2.52 bits per heavy atom. The van der Waals surface area contributed by atoms with E-state index in [4.69, 9.17) is 4.74 Å². The van der Waals surface area contributed by atoms with Crippen LogP contribution in [0.2, 0.25) is 0 Å². The lowest BCUT2D eigenvalue weighted by Crippen LogP contribution is -2.41. The lowest BCUT2D eigenvalue weighted by atomic mass is 9.87. The number of piperidine rings is 1. The van der Waals surface area contributed by atoms with E-state index in [1.54, 1.807) is 11.0 Å². The van der Waals surface area contributed by atoms with Crippen LogP contribution in [0.3, 0.4) is 0 Å². The van der Waals surface area contributed by atoms with E-state index in [0.29, 0.717) is 23.9 Å². The molecular weight excluding hydrogens is 338 g/mol. The molecular formula is C19H23NO4S. The molecule has 3 rings (SSSR count). The van der Waals surface area contributed by atoms with Gasteiger partial charge in [-0.3, -0.25) is 0 Å². The van der Waals surface area contributed by atoms with E-state index < -0.39 is 11.6 Å². The van der Waals surface area contributed by atoms with E-state index in [1.165, 1.54) is 16.9 Å². The molecule has 1 amide bonds. The topological polar surface area (TPSA) is 66.8 Å². The van der Waals surface area contributed by atoms with Gasteiger partial charge in [0, 0.05) is 17.8 Å². The summed E-state index contributed by atoms with van der Waals surface area (Å²) in [5.41, 5.74) is 0.703. The molecule has 0 bridgehead atoms. The lowest BCUT2D eigenvalue weighted by molar-refractivity contribution is 0.0205. The van der Waals surface area contributed by atoms with Gasteiger partial charge < -0.3 is 14.7 Å². The minimum atomic E-state index is -0.883. The number of amides is 1. The predicted molar refractivity (Wildman–Crippen MR) is 98.6 cm³/mol. The van der Waals surface area contributed by atoms with Crippen molar-refractivity contribution in [1.82, 2.24) is 4.90 Å². The normalized spacial score (nSPS) is 16.2. The number of ether oxygens (including phenoxy) is 1. The summed E-state index contributed by atoms with van der Waals surface area (Å²) in [5.74, 6) is -0.550. The molecule has 0 atom stereocenters. The van der Waals surface area contributed by atoms with Crippen molar-refractivity contribution in [2.75, 3.05) is 13.1 Å². The van der Waals surface area contributed by atoms with Gasteiger partial charge in [-0.1, -0.05) is 12.1 Å². The van der Waals surface area contributed by atoms with E-state index in [-0.39, 0.29) is 6.09 Å². The van der Waals surface area contributed by atoms with E-state index in [9.17, 15) is 14.7 Å². The number of fused-ring (bicyclic) bond motifs is 1.